The minimum Gasteiger partial charge on any atom is -0.363 e. The molecule has 1 atom stereocenters. The van der Waals surface area contributed by atoms with E-state index in [-0.39, 0.29) is 6.04 Å². The van der Waals surface area contributed by atoms with Crippen molar-refractivity contribution >= 4 is 5.69 Å². The Morgan fingerprint density at radius 3 is 2.14 bits per heavy atom. The van der Waals surface area contributed by atoms with Gasteiger partial charge in [0, 0.05) is 18.3 Å². The summed E-state index contributed by atoms with van der Waals surface area (Å²) in [5, 5.41) is 3.37. The molecular formula is C16H25F3N2. The quantitative estimate of drug-likeness (QED) is 0.759. The van der Waals surface area contributed by atoms with Gasteiger partial charge in [0.05, 0.1) is 0 Å². The van der Waals surface area contributed by atoms with Gasteiger partial charge in [0.1, 0.15) is 6.54 Å². The number of anilines is 1. The normalized spacial score (nSPS) is 13.2. The number of nitrogens with one attached hydrogen (secondary N) is 1. The van der Waals surface area contributed by atoms with Crippen LogP contribution in [0.1, 0.15) is 45.2 Å². The van der Waals surface area contributed by atoms with Crippen molar-refractivity contribution in [1.29, 1.82) is 0 Å². The van der Waals surface area contributed by atoms with Crippen LogP contribution in [0.5, 0.6) is 0 Å². The summed E-state index contributed by atoms with van der Waals surface area (Å²) in [6, 6.07) is 7.68. The largest absolute Gasteiger partial charge is 0.405 e. The van der Waals surface area contributed by atoms with Crippen LogP contribution < -0.4 is 10.2 Å². The number of benzene rings is 1. The lowest BCUT2D eigenvalue weighted by molar-refractivity contribution is -0.119. The Kier molecular flexibility index (Phi) is 7.02. The van der Waals surface area contributed by atoms with Crippen LogP contribution in [-0.2, 0) is 0 Å². The highest BCUT2D eigenvalue weighted by atomic mass is 19.4. The number of nitrogens with zero attached hydrogens (tertiary/aromatic N) is 1. The molecule has 1 N–H and O–H groups in total. The van der Waals surface area contributed by atoms with Crippen molar-refractivity contribution in [2.45, 2.75) is 45.8 Å². The fourth-order valence-electron chi connectivity index (χ4n) is 2.45. The maximum atomic E-state index is 12.6. The predicted octanol–water partition coefficient (Wildman–Crippen LogP) is 4.53. The fourth-order valence-corrected chi connectivity index (χ4v) is 2.45. The molecule has 5 heteroatoms. The predicted molar refractivity (Wildman–Crippen MR) is 81.7 cm³/mol. The molecular weight excluding hydrogens is 277 g/mol. The molecule has 0 aliphatic rings. The molecule has 120 valence electrons. The summed E-state index contributed by atoms with van der Waals surface area (Å²) in [6.45, 7) is 6.40. The molecule has 0 fully saturated rings. The van der Waals surface area contributed by atoms with Gasteiger partial charge in [-0.05, 0) is 37.1 Å². The van der Waals surface area contributed by atoms with Gasteiger partial charge < -0.3 is 10.2 Å². The van der Waals surface area contributed by atoms with E-state index in [1.807, 2.05) is 26.0 Å². The third-order valence-electron chi connectivity index (χ3n) is 3.38. The molecule has 0 amide bonds. The number of halogens is 3. The van der Waals surface area contributed by atoms with E-state index in [0.717, 1.165) is 18.5 Å². The average molecular weight is 302 g/mol. The Bertz CT molecular complexity index is 401. The third kappa shape index (κ3) is 5.96. The van der Waals surface area contributed by atoms with Crippen molar-refractivity contribution < 1.29 is 13.2 Å². The van der Waals surface area contributed by atoms with Crippen molar-refractivity contribution in [3.05, 3.63) is 29.8 Å². The Labute approximate surface area is 125 Å². The Balaban J connectivity index is 2.86. The van der Waals surface area contributed by atoms with Crippen molar-refractivity contribution in [1.82, 2.24) is 5.32 Å². The zero-order valence-corrected chi connectivity index (χ0v) is 13.0. The molecule has 0 saturated heterocycles. The molecule has 0 aromatic heterocycles. The summed E-state index contributed by atoms with van der Waals surface area (Å²) >= 11 is 0. The van der Waals surface area contributed by atoms with E-state index in [1.165, 1.54) is 4.90 Å². The van der Waals surface area contributed by atoms with Gasteiger partial charge in [0.2, 0.25) is 0 Å². The molecule has 1 aromatic carbocycles. The van der Waals surface area contributed by atoms with Gasteiger partial charge in [0.25, 0.3) is 0 Å². The molecule has 1 rings (SSSR count). The topological polar surface area (TPSA) is 15.3 Å². The Hall–Kier alpha value is -1.23. The second-order valence-corrected chi connectivity index (χ2v) is 5.15. The first kappa shape index (κ1) is 17.8. The summed E-state index contributed by atoms with van der Waals surface area (Å²) in [4.78, 5) is 1.39. The molecule has 0 spiro atoms. The van der Waals surface area contributed by atoms with Crippen LogP contribution in [0.2, 0.25) is 0 Å². The zero-order chi connectivity index (χ0) is 15.9. The number of rotatable bonds is 8. The first-order valence-electron chi connectivity index (χ1n) is 7.56. The summed E-state index contributed by atoms with van der Waals surface area (Å²) < 4.78 is 37.9. The molecule has 0 saturated carbocycles. The highest BCUT2D eigenvalue weighted by Gasteiger charge is 2.30. The van der Waals surface area contributed by atoms with Crippen LogP contribution in [0.25, 0.3) is 0 Å². The smallest absolute Gasteiger partial charge is 0.363 e. The minimum atomic E-state index is -4.18. The lowest BCUT2D eigenvalue weighted by Gasteiger charge is -2.26. The molecule has 0 aliphatic heterocycles. The molecule has 1 unspecified atom stereocenters. The van der Waals surface area contributed by atoms with Crippen molar-refractivity contribution in [3.8, 4) is 0 Å². The molecule has 21 heavy (non-hydrogen) atoms. The molecule has 2 nitrogen and oxygen atoms in total. The highest BCUT2D eigenvalue weighted by Crippen LogP contribution is 2.25. The Morgan fingerprint density at radius 1 is 1.10 bits per heavy atom. The van der Waals surface area contributed by atoms with Crippen LogP contribution in [0.4, 0.5) is 18.9 Å². The van der Waals surface area contributed by atoms with Crippen molar-refractivity contribution in [2.24, 2.45) is 0 Å². The molecule has 0 bridgehead atoms. The lowest BCUT2D eigenvalue weighted by atomic mass is 10.0. The molecule has 0 heterocycles. The van der Waals surface area contributed by atoms with E-state index in [0.29, 0.717) is 18.7 Å². The van der Waals surface area contributed by atoms with Crippen LogP contribution in [0, 0.1) is 0 Å². The van der Waals surface area contributed by atoms with Gasteiger partial charge in [-0.1, -0.05) is 32.9 Å². The standard InChI is InChI=1S/C16H25F3N2/c1-4-11-21(12-16(17,18)19)14-9-7-13(8-10-14)15(5-2)20-6-3/h7-10,15,20H,4-6,11-12H2,1-3H3. The maximum Gasteiger partial charge on any atom is 0.405 e. The van der Waals surface area contributed by atoms with E-state index in [4.69, 9.17) is 0 Å². The molecule has 0 aliphatic carbocycles. The van der Waals surface area contributed by atoms with Gasteiger partial charge in [-0.3, -0.25) is 0 Å². The maximum absolute atomic E-state index is 12.6. The number of hydrogen-bond acceptors (Lipinski definition) is 2. The monoisotopic (exact) mass is 302 g/mol. The van der Waals surface area contributed by atoms with Crippen LogP contribution in [-0.4, -0.2) is 25.8 Å². The van der Waals surface area contributed by atoms with Gasteiger partial charge in [0.15, 0.2) is 0 Å². The second kappa shape index (κ2) is 8.27. The summed E-state index contributed by atoms with van der Waals surface area (Å²) in [5.41, 5.74) is 1.75. The van der Waals surface area contributed by atoms with Gasteiger partial charge in [-0.25, -0.2) is 0 Å². The van der Waals surface area contributed by atoms with E-state index in [1.54, 1.807) is 12.1 Å². The third-order valence-corrected chi connectivity index (χ3v) is 3.38. The first-order valence-corrected chi connectivity index (χ1v) is 7.56. The van der Waals surface area contributed by atoms with E-state index >= 15 is 0 Å². The Morgan fingerprint density at radius 2 is 1.71 bits per heavy atom. The summed E-state index contributed by atoms with van der Waals surface area (Å²) in [5.74, 6) is 0. The van der Waals surface area contributed by atoms with Crippen molar-refractivity contribution in [2.75, 3.05) is 24.5 Å². The lowest BCUT2D eigenvalue weighted by Crippen LogP contribution is -2.34. The first-order chi connectivity index (χ1) is 9.91. The summed E-state index contributed by atoms with van der Waals surface area (Å²) in [7, 11) is 0. The molecule has 1 aromatic rings. The van der Waals surface area contributed by atoms with Crippen LogP contribution in [0.3, 0.4) is 0 Å². The van der Waals surface area contributed by atoms with Crippen LogP contribution >= 0.6 is 0 Å². The average Bonchev–Trinajstić information content (AvgIpc) is 2.43. The van der Waals surface area contributed by atoms with Gasteiger partial charge in [-0.15, -0.1) is 0 Å². The molecule has 0 radical (unpaired) electrons. The SMILES string of the molecule is CCCN(CC(F)(F)F)c1ccc(C(CC)NCC)cc1. The van der Waals surface area contributed by atoms with E-state index in [9.17, 15) is 13.2 Å². The van der Waals surface area contributed by atoms with Crippen LogP contribution in [0.15, 0.2) is 24.3 Å². The van der Waals surface area contributed by atoms with E-state index < -0.39 is 12.7 Å². The minimum absolute atomic E-state index is 0.256. The zero-order valence-electron chi connectivity index (χ0n) is 13.0. The van der Waals surface area contributed by atoms with Gasteiger partial charge in [-0.2, -0.15) is 13.2 Å². The fraction of sp³-hybridized carbons (Fsp3) is 0.625. The summed E-state index contributed by atoms with van der Waals surface area (Å²) in [6.07, 6.45) is -2.54. The van der Waals surface area contributed by atoms with Crippen molar-refractivity contribution in [3.63, 3.8) is 0 Å². The number of alkyl halides is 3. The number of hydrogen-bond donors (Lipinski definition) is 1. The highest BCUT2D eigenvalue weighted by molar-refractivity contribution is 5.48. The van der Waals surface area contributed by atoms with E-state index in [2.05, 4.69) is 12.2 Å². The second-order valence-electron chi connectivity index (χ2n) is 5.15. The van der Waals surface area contributed by atoms with Gasteiger partial charge >= 0.3 is 6.18 Å².